The van der Waals surface area contributed by atoms with E-state index < -0.39 is 10.0 Å². The number of fused-ring (bicyclic) bond motifs is 1. The Hall–Kier alpha value is -1.44. The van der Waals surface area contributed by atoms with E-state index in [1.54, 1.807) is 25.1 Å². The van der Waals surface area contributed by atoms with Crippen molar-refractivity contribution in [2.45, 2.75) is 50.0 Å². The van der Waals surface area contributed by atoms with Crippen molar-refractivity contribution in [3.8, 4) is 0 Å². The molecule has 2 aliphatic heterocycles. The molecule has 0 saturated carbocycles. The average molecular weight is 310 g/mol. The highest BCUT2D eigenvalue weighted by Gasteiger charge is 2.29. The Labute approximate surface area is 123 Å². The second-order valence-electron chi connectivity index (χ2n) is 5.55. The van der Waals surface area contributed by atoms with Crippen LogP contribution in [0.4, 0.5) is 0 Å². The number of piperidine rings is 1. The fourth-order valence-electron chi connectivity index (χ4n) is 2.71. The van der Waals surface area contributed by atoms with Gasteiger partial charge in [-0.2, -0.15) is 0 Å². The maximum atomic E-state index is 12.5. The Morgan fingerprint density at radius 3 is 2.81 bits per heavy atom. The molecular formula is C14H18N2O4S. The van der Waals surface area contributed by atoms with Gasteiger partial charge in [0, 0.05) is 18.5 Å². The van der Waals surface area contributed by atoms with Crippen LogP contribution in [0.2, 0.25) is 0 Å². The lowest BCUT2D eigenvalue weighted by Crippen LogP contribution is -2.53. The third-order valence-electron chi connectivity index (χ3n) is 3.98. The molecule has 1 amide bonds. The molecule has 1 fully saturated rings. The number of amides is 1. The van der Waals surface area contributed by atoms with Gasteiger partial charge in [0.05, 0.1) is 18.1 Å². The number of hydrogen-bond acceptors (Lipinski definition) is 4. The Bertz CT molecular complexity index is 672. The summed E-state index contributed by atoms with van der Waals surface area (Å²) in [4.78, 5) is 11.5. The third-order valence-corrected chi connectivity index (χ3v) is 5.47. The first-order chi connectivity index (χ1) is 9.95. The quantitative estimate of drug-likeness (QED) is 0.859. The minimum absolute atomic E-state index is 0.0346. The molecule has 0 spiro atoms. The first-order valence-corrected chi connectivity index (χ1v) is 8.45. The zero-order valence-electron chi connectivity index (χ0n) is 11.8. The van der Waals surface area contributed by atoms with Crippen molar-refractivity contribution in [3.05, 3.63) is 29.3 Å². The van der Waals surface area contributed by atoms with Gasteiger partial charge < -0.3 is 10.1 Å². The van der Waals surface area contributed by atoms with Gasteiger partial charge in [-0.1, -0.05) is 6.07 Å². The molecule has 114 valence electrons. The minimum atomic E-state index is -3.59. The highest BCUT2D eigenvalue weighted by atomic mass is 32.2. The van der Waals surface area contributed by atoms with Crippen LogP contribution in [0.5, 0.6) is 0 Å². The molecule has 0 aromatic heterocycles. The zero-order valence-corrected chi connectivity index (χ0v) is 12.6. The van der Waals surface area contributed by atoms with E-state index in [9.17, 15) is 13.2 Å². The SMILES string of the molecule is CC1NC(=O)CCC1NS(=O)(=O)c1ccc2c(c1)COC2. The van der Waals surface area contributed by atoms with Crippen LogP contribution in [0.3, 0.4) is 0 Å². The summed E-state index contributed by atoms with van der Waals surface area (Å²) in [6, 6.07) is 4.57. The second kappa shape index (κ2) is 5.40. The summed E-state index contributed by atoms with van der Waals surface area (Å²) in [5.74, 6) is -0.0346. The molecule has 1 aromatic rings. The molecule has 21 heavy (non-hydrogen) atoms. The highest BCUT2D eigenvalue weighted by Crippen LogP contribution is 2.23. The lowest BCUT2D eigenvalue weighted by Gasteiger charge is -2.30. The van der Waals surface area contributed by atoms with E-state index in [0.29, 0.717) is 26.1 Å². The minimum Gasteiger partial charge on any atom is -0.372 e. The van der Waals surface area contributed by atoms with Crippen molar-refractivity contribution in [2.75, 3.05) is 0 Å². The van der Waals surface area contributed by atoms with E-state index >= 15 is 0 Å². The Morgan fingerprint density at radius 2 is 2.05 bits per heavy atom. The molecule has 2 heterocycles. The molecule has 2 unspecified atom stereocenters. The molecule has 0 aliphatic carbocycles. The van der Waals surface area contributed by atoms with Gasteiger partial charge in [0.15, 0.2) is 0 Å². The van der Waals surface area contributed by atoms with Gasteiger partial charge in [-0.05, 0) is 36.6 Å². The van der Waals surface area contributed by atoms with Crippen LogP contribution < -0.4 is 10.0 Å². The van der Waals surface area contributed by atoms with Crippen LogP contribution in [0.25, 0.3) is 0 Å². The molecule has 0 bridgehead atoms. The van der Waals surface area contributed by atoms with Gasteiger partial charge in [-0.15, -0.1) is 0 Å². The van der Waals surface area contributed by atoms with Crippen molar-refractivity contribution in [3.63, 3.8) is 0 Å². The second-order valence-corrected chi connectivity index (χ2v) is 7.26. The van der Waals surface area contributed by atoms with Crippen LogP contribution in [0, 0.1) is 0 Å². The fourth-order valence-corrected chi connectivity index (χ4v) is 4.11. The Morgan fingerprint density at radius 1 is 1.29 bits per heavy atom. The monoisotopic (exact) mass is 310 g/mol. The summed E-state index contributed by atoms with van der Waals surface area (Å²) >= 11 is 0. The summed E-state index contributed by atoms with van der Waals surface area (Å²) in [6.07, 6.45) is 0.857. The van der Waals surface area contributed by atoms with E-state index in [2.05, 4.69) is 10.0 Å². The van der Waals surface area contributed by atoms with Crippen molar-refractivity contribution in [1.82, 2.24) is 10.0 Å². The third kappa shape index (κ3) is 2.95. The number of carbonyl (C=O) groups excluding carboxylic acids is 1. The molecule has 3 rings (SSSR count). The molecular weight excluding hydrogens is 292 g/mol. The van der Waals surface area contributed by atoms with E-state index in [-0.39, 0.29) is 22.9 Å². The van der Waals surface area contributed by atoms with Crippen LogP contribution in [-0.4, -0.2) is 26.4 Å². The first-order valence-electron chi connectivity index (χ1n) is 6.97. The Balaban J connectivity index is 1.79. The molecule has 6 nitrogen and oxygen atoms in total. The zero-order chi connectivity index (χ0) is 15.0. The number of ether oxygens (including phenoxy) is 1. The number of benzene rings is 1. The standard InChI is InChI=1S/C14H18N2O4S/c1-9-13(4-5-14(17)15-9)16-21(18,19)12-3-2-10-7-20-8-11(10)6-12/h2-3,6,9,13,16H,4-5,7-8H2,1H3,(H,15,17). The maximum Gasteiger partial charge on any atom is 0.240 e. The first kappa shape index (κ1) is 14.5. The summed E-state index contributed by atoms with van der Waals surface area (Å²) in [6.45, 7) is 2.80. The van der Waals surface area contributed by atoms with E-state index in [1.807, 2.05) is 0 Å². The smallest absolute Gasteiger partial charge is 0.240 e. The molecule has 2 aliphatic rings. The number of sulfonamides is 1. The van der Waals surface area contributed by atoms with Crippen LogP contribution in [0.1, 0.15) is 30.9 Å². The van der Waals surface area contributed by atoms with Crippen molar-refractivity contribution >= 4 is 15.9 Å². The van der Waals surface area contributed by atoms with Crippen LogP contribution >= 0.6 is 0 Å². The largest absolute Gasteiger partial charge is 0.372 e. The predicted octanol–water partition coefficient (Wildman–Crippen LogP) is 0.662. The summed E-state index contributed by atoms with van der Waals surface area (Å²) < 4.78 is 32.9. The molecule has 1 saturated heterocycles. The Kier molecular flexibility index (Phi) is 3.73. The van der Waals surface area contributed by atoms with Gasteiger partial charge in [-0.25, -0.2) is 13.1 Å². The summed E-state index contributed by atoms with van der Waals surface area (Å²) in [7, 11) is -3.59. The molecule has 2 N–H and O–H groups in total. The van der Waals surface area contributed by atoms with Crippen molar-refractivity contribution in [2.24, 2.45) is 0 Å². The van der Waals surface area contributed by atoms with E-state index in [0.717, 1.165) is 11.1 Å². The number of nitrogens with one attached hydrogen (secondary N) is 2. The predicted molar refractivity (Wildman–Crippen MR) is 75.9 cm³/mol. The van der Waals surface area contributed by atoms with E-state index in [4.69, 9.17) is 4.74 Å². The van der Waals surface area contributed by atoms with Gasteiger partial charge in [0.2, 0.25) is 15.9 Å². The normalized spacial score (nSPS) is 25.5. The molecule has 0 radical (unpaired) electrons. The van der Waals surface area contributed by atoms with Crippen molar-refractivity contribution < 1.29 is 17.9 Å². The topological polar surface area (TPSA) is 84.5 Å². The van der Waals surface area contributed by atoms with Gasteiger partial charge in [0.1, 0.15) is 0 Å². The number of carbonyl (C=O) groups is 1. The van der Waals surface area contributed by atoms with Crippen LogP contribution in [0.15, 0.2) is 23.1 Å². The highest BCUT2D eigenvalue weighted by molar-refractivity contribution is 7.89. The summed E-state index contributed by atoms with van der Waals surface area (Å²) in [5.41, 5.74) is 1.95. The van der Waals surface area contributed by atoms with Gasteiger partial charge in [0.25, 0.3) is 0 Å². The van der Waals surface area contributed by atoms with Gasteiger partial charge in [-0.3, -0.25) is 4.79 Å². The fraction of sp³-hybridized carbons (Fsp3) is 0.500. The van der Waals surface area contributed by atoms with Crippen molar-refractivity contribution in [1.29, 1.82) is 0 Å². The number of rotatable bonds is 3. The van der Waals surface area contributed by atoms with E-state index in [1.165, 1.54) is 0 Å². The number of hydrogen-bond donors (Lipinski definition) is 2. The lowest BCUT2D eigenvalue weighted by atomic mass is 10.0. The maximum absolute atomic E-state index is 12.5. The van der Waals surface area contributed by atoms with Gasteiger partial charge >= 0.3 is 0 Å². The molecule has 1 aromatic carbocycles. The lowest BCUT2D eigenvalue weighted by molar-refractivity contribution is -0.123. The average Bonchev–Trinajstić information content (AvgIpc) is 2.89. The molecule has 7 heteroatoms. The van der Waals surface area contributed by atoms with Crippen LogP contribution in [-0.2, 0) is 32.8 Å². The summed E-state index contributed by atoms with van der Waals surface area (Å²) in [5, 5.41) is 2.76. The molecule has 2 atom stereocenters.